The van der Waals surface area contributed by atoms with Crippen molar-refractivity contribution in [1.29, 1.82) is 0 Å². The molecule has 1 aliphatic rings. The van der Waals surface area contributed by atoms with Crippen molar-refractivity contribution < 1.29 is 4.74 Å². The van der Waals surface area contributed by atoms with E-state index in [1.807, 2.05) is 0 Å². The summed E-state index contributed by atoms with van der Waals surface area (Å²) in [5.74, 6) is 0. The first-order chi connectivity index (χ1) is 14.3. The Bertz CT molecular complexity index is 842. The number of allylic oxidation sites excluding steroid dienone is 2. The van der Waals surface area contributed by atoms with E-state index in [9.17, 15) is 0 Å². The third-order valence-corrected chi connectivity index (χ3v) is 5.66. The van der Waals surface area contributed by atoms with Crippen molar-refractivity contribution in [1.82, 2.24) is 0 Å². The van der Waals surface area contributed by atoms with Gasteiger partial charge < -0.3 is 4.74 Å². The second-order valence-electron chi connectivity index (χ2n) is 7.80. The van der Waals surface area contributed by atoms with Crippen LogP contribution in [0.3, 0.4) is 0 Å². The zero-order valence-corrected chi connectivity index (χ0v) is 18.0. The molecule has 1 unspecified atom stereocenters. The topological polar surface area (TPSA) is 9.23 Å². The van der Waals surface area contributed by atoms with Crippen LogP contribution in [0.15, 0.2) is 84.5 Å². The van der Waals surface area contributed by atoms with Crippen molar-refractivity contribution in [3.8, 4) is 0 Å². The van der Waals surface area contributed by atoms with E-state index < -0.39 is 0 Å². The highest BCUT2D eigenvalue weighted by Crippen LogP contribution is 2.40. The second-order valence-corrected chi connectivity index (χ2v) is 7.80. The van der Waals surface area contributed by atoms with Crippen LogP contribution in [0.25, 0.3) is 11.1 Å². The van der Waals surface area contributed by atoms with Crippen molar-refractivity contribution >= 4 is 11.1 Å². The Morgan fingerprint density at radius 1 is 0.966 bits per heavy atom. The molecule has 2 aromatic rings. The predicted octanol–water partition coefficient (Wildman–Crippen LogP) is 7.86. The van der Waals surface area contributed by atoms with Gasteiger partial charge in [0.15, 0.2) is 0 Å². The molecule has 152 valence electrons. The summed E-state index contributed by atoms with van der Waals surface area (Å²) in [4.78, 5) is 0. The highest BCUT2D eigenvalue weighted by molar-refractivity contribution is 5.89. The maximum absolute atomic E-state index is 6.31. The van der Waals surface area contributed by atoms with Gasteiger partial charge >= 0.3 is 0 Å². The van der Waals surface area contributed by atoms with E-state index in [1.54, 1.807) is 0 Å². The summed E-state index contributed by atoms with van der Waals surface area (Å²) in [6.07, 6.45) is 9.44. The van der Waals surface area contributed by atoms with E-state index in [4.69, 9.17) is 4.74 Å². The summed E-state index contributed by atoms with van der Waals surface area (Å²) in [5.41, 5.74) is 7.48. The average molecular weight is 387 g/mol. The summed E-state index contributed by atoms with van der Waals surface area (Å²) < 4.78 is 6.31. The molecule has 3 rings (SSSR count). The Kier molecular flexibility index (Phi) is 8.07. The van der Waals surface area contributed by atoms with Crippen LogP contribution >= 0.6 is 0 Å². The molecule has 0 radical (unpaired) electrons. The molecule has 1 nitrogen and oxygen atoms in total. The molecule has 1 heteroatoms. The molecule has 2 aromatic carbocycles. The molecule has 0 aliphatic carbocycles. The van der Waals surface area contributed by atoms with Gasteiger partial charge in [-0.2, -0.15) is 0 Å². The largest absolute Gasteiger partial charge is 0.369 e. The van der Waals surface area contributed by atoms with Gasteiger partial charge in [0.2, 0.25) is 0 Å². The van der Waals surface area contributed by atoms with Gasteiger partial charge in [-0.25, -0.2) is 0 Å². The minimum Gasteiger partial charge on any atom is -0.369 e. The minimum atomic E-state index is 0.164. The molecule has 0 saturated heterocycles. The van der Waals surface area contributed by atoms with Gasteiger partial charge in [0, 0.05) is 0 Å². The monoisotopic (exact) mass is 386 g/mol. The van der Waals surface area contributed by atoms with Gasteiger partial charge in [-0.3, -0.25) is 0 Å². The first-order valence-corrected chi connectivity index (χ1v) is 11.1. The molecular formula is C28H34O. The van der Waals surface area contributed by atoms with E-state index >= 15 is 0 Å². The first kappa shape index (κ1) is 21.3. The van der Waals surface area contributed by atoms with Crippen molar-refractivity contribution in [2.24, 2.45) is 0 Å². The second kappa shape index (κ2) is 11.0. The van der Waals surface area contributed by atoms with Gasteiger partial charge in [-0.15, -0.1) is 0 Å². The van der Waals surface area contributed by atoms with Crippen molar-refractivity contribution in [2.75, 3.05) is 6.61 Å². The SMILES string of the molecule is C=C(C1=C(c2ccccc2)C(CCCC)OC1)/C(=C/CCCC)c1ccccc1. The van der Waals surface area contributed by atoms with Crippen LogP contribution in [0, 0.1) is 0 Å². The highest BCUT2D eigenvalue weighted by Gasteiger charge is 2.29. The Labute approximate surface area is 176 Å². The number of benzene rings is 2. The predicted molar refractivity (Wildman–Crippen MR) is 126 cm³/mol. The van der Waals surface area contributed by atoms with E-state index in [1.165, 1.54) is 53.5 Å². The fourth-order valence-electron chi connectivity index (χ4n) is 4.03. The molecule has 0 amide bonds. The summed E-state index contributed by atoms with van der Waals surface area (Å²) in [6, 6.07) is 21.4. The molecule has 0 aromatic heterocycles. The standard InChI is InChI=1S/C28H34O/c1-4-6-10-19-25(23-15-11-8-12-16-23)22(3)26-21-29-27(20-7-5-2)28(26)24-17-13-9-14-18-24/h8-9,11-19,27H,3-7,10,20-21H2,1-2H3/b25-19-. The third kappa shape index (κ3) is 5.36. The summed E-state index contributed by atoms with van der Waals surface area (Å²) in [5, 5.41) is 0. The molecule has 0 N–H and O–H groups in total. The van der Waals surface area contributed by atoms with E-state index in [-0.39, 0.29) is 6.10 Å². The van der Waals surface area contributed by atoms with Crippen LogP contribution < -0.4 is 0 Å². The summed E-state index contributed by atoms with van der Waals surface area (Å²) in [6.45, 7) is 9.71. The van der Waals surface area contributed by atoms with Gasteiger partial charge in [-0.1, -0.05) is 113 Å². The lowest BCUT2D eigenvalue weighted by Gasteiger charge is -2.17. The van der Waals surface area contributed by atoms with Crippen LogP contribution in [0.5, 0.6) is 0 Å². The number of rotatable bonds is 10. The zero-order chi connectivity index (χ0) is 20.5. The molecule has 0 spiro atoms. The Morgan fingerprint density at radius 2 is 1.62 bits per heavy atom. The average Bonchev–Trinajstić information content (AvgIpc) is 3.20. The normalized spacial score (nSPS) is 17.0. The summed E-state index contributed by atoms with van der Waals surface area (Å²) >= 11 is 0. The quantitative estimate of drug-likeness (QED) is 0.298. The maximum atomic E-state index is 6.31. The lowest BCUT2D eigenvalue weighted by Crippen LogP contribution is -2.09. The molecule has 0 saturated carbocycles. The molecular weight excluding hydrogens is 352 g/mol. The van der Waals surface area contributed by atoms with Gasteiger partial charge in [0.05, 0.1) is 12.7 Å². The van der Waals surface area contributed by atoms with Crippen molar-refractivity contribution in [2.45, 2.75) is 58.5 Å². The van der Waals surface area contributed by atoms with Crippen LogP contribution in [0.4, 0.5) is 0 Å². The smallest absolute Gasteiger partial charge is 0.0839 e. The van der Waals surface area contributed by atoms with Crippen molar-refractivity contribution in [3.63, 3.8) is 0 Å². The highest BCUT2D eigenvalue weighted by atomic mass is 16.5. The number of hydrogen-bond acceptors (Lipinski definition) is 1. The van der Waals surface area contributed by atoms with Gasteiger partial charge in [-0.05, 0) is 46.3 Å². The van der Waals surface area contributed by atoms with Gasteiger partial charge in [0.25, 0.3) is 0 Å². The van der Waals surface area contributed by atoms with Crippen LogP contribution in [-0.2, 0) is 4.74 Å². The Balaban J connectivity index is 2.02. The molecule has 0 fully saturated rings. The maximum Gasteiger partial charge on any atom is 0.0839 e. The van der Waals surface area contributed by atoms with Gasteiger partial charge in [0.1, 0.15) is 0 Å². The molecule has 29 heavy (non-hydrogen) atoms. The number of ether oxygens (including phenoxy) is 1. The van der Waals surface area contributed by atoms with Crippen LogP contribution in [-0.4, -0.2) is 12.7 Å². The fourth-order valence-corrected chi connectivity index (χ4v) is 4.03. The lowest BCUT2D eigenvalue weighted by molar-refractivity contribution is 0.122. The summed E-state index contributed by atoms with van der Waals surface area (Å²) in [7, 11) is 0. The van der Waals surface area contributed by atoms with Crippen molar-refractivity contribution in [3.05, 3.63) is 95.6 Å². The Hall–Kier alpha value is -2.38. The third-order valence-electron chi connectivity index (χ3n) is 5.66. The lowest BCUT2D eigenvalue weighted by atomic mass is 9.86. The molecule has 0 bridgehead atoms. The van der Waals surface area contributed by atoms with E-state index in [2.05, 4.69) is 87.2 Å². The molecule has 1 aliphatic heterocycles. The molecule has 1 heterocycles. The van der Waals surface area contributed by atoms with Crippen LogP contribution in [0.2, 0.25) is 0 Å². The fraction of sp³-hybridized carbons (Fsp3) is 0.357. The van der Waals surface area contributed by atoms with Crippen LogP contribution in [0.1, 0.15) is 63.5 Å². The Morgan fingerprint density at radius 3 is 2.28 bits per heavy atom. The molecule has 1 atom stereocenters. The van der Waals surface area contributed by atoms with E-state index in [0.29, 0.717) is 6.61 Å². The number of hydrogen-bond donors (Lipinski definition) is 0. The minimum absolute atomic E-state index is 0.164. The zero-order valence-electron chi connectivity index (χ0n) is 18.0. The van der Waals surface area contributed by atoms with E-state index in [0.717, 1.165) is 18.4 Å². The first-order valence-electron chi connectivity index (χ1n) is 11.1. The number of unbranched alkanes of at least 4 members (excludes halogenated alkanes) is 3.